The molecule has 1 aromatic heterocycles. The molecule has 1 aliphatic carbocycles. The third kappa shape index (κ3) is 3.22. The number of benzene rings is 1. The summed E-state index contributed by atoms with van der Waals surface area (Å²) in [5.41, 5.74) is 3.96. The molecule has 2 aromatic rings. The lowest BCUT2D eigenvalue weighted by Crippen LogP contribution is -2.27. The molecule has 0 saturated carbocycles. The van der Waals surface area contributed by atoms with Crippen LogP contribution >= 0.6 is 31.9 Å². The van der Waals surface area contributed by atoms with Crippen LogP contribution in [0.1, 0.15) is 41.6 Å². The molecule has 0 radical (unpaired) electrons. The van der Waals surface area contributed by atoms with Gasteiger partial charge in [-0.2, -0.15) is 0 Å². The molecule has 0 bridgehead atoms. The Hall–Kier alpha value is -0.710. The van der Waals surface area contributed by atoms with Crippen molar-refractivity contribution in [3.05, 3.63) is 62.3 Å². The van der Waals surface area contributed by atoms with Crippen molar-refractivity contribution >= 4 is 31.9 Å². The Bertz CT molecular complexity index is 622. The monoisotopic (exact) mass is 408 g/mol. The molecule has 21 heavy (non-hydrogen) atoms. The topological polar surface area (TPSA) is 24.9 Å². The molecule has 0 spiro atoms. The number of aromatic nitrogens is 1. The summed E-state index contributed by atoms with van der Waals surface area (Å²) in [5, 5.41) is 3.50. The lowest BCUT2D eigenvalue weighted by molar-refractivity contribution is 0.415. The highest BCUT2D eigenvalue weighted by Crippen LogP contribution is 2.40. The van der Waals surface area contributed by atoms with Crippen molar-refractivity contribution < 1.29 is 0 Å². The minimum atomic E-state index is 0.285. The van der Waals surface area contributed by atoms with Crippen molar-refractivity contribution in [3.8, 4) is 0 Å². The Morgan fingerprint density at radius 3 is 2.71 bits per heavy atom. The molecule has 4 heteroatoms. The normalized spacial score (nSPS) is 19.1. The molecule has 0 saturated heterocycles. The summed E-state index contributed by atoms with van der Waals surface area (Å²) < 4.78 is 2.20. The summed E-state index contributed by atoms with van der Waals surface area (Å²) in [7, 11) is 2.04. The van der Waals surface area contributed by atoms with Crippen LogP contribution in [0, 0.1) is 0 Å². The van der Waals surface area contributed by atoms with Gasteiger partial charge in [-0.15, -0.1) is 0 Å². The van der Waals surface area contributed by atoms with E-state index in [1.807, 2.05) is 19.3 Å². The van der Waals surface area contributed by atoms with E-state index in [9.17, 15) is 0 Å². The zero-order valence-corrected chi connectivity index (χ0v) is 15.1. The van der Waals surface area contributed by atoms with Gasteiger partial charge in [0.1, 0.15) is 0 Å². The van der Waals surface area contributed by atoms with Crippen LogP contribution in [-0.2, 0) is 6.42 Å². The number of halogens is 2. The fourth-order valence-corrected chi connectivity index (χ4v) is 4.65. The number of nitrogens with one attached hydrogen (secondary N) is 1. The lowest BCUT2D eigenvalue weighted by atomic mass is 9.79. The maximum atomic E-state index is 4.68. The number of likely N-dealkylation sites (N-methyl/N-ethyl adjacent to an activating group) is 1. The van der Waals surface area contributed by atoms with E-state index in [1.165, 1.54) is 29.7 Å². The van der Waals surface area contributed by atoms with Crippen molar-refractivity contribution in [1.82, 2.24) is 10.3 Å². The van der Waals surface area contributed by atoms with E-state index in [0.29, 0.717) is 5.92 Å². The summed E-state index contributed by atoms with van der Waals surface area (Å²) in [5.74, 6) is 0.432. The van der Waals surface area contributed by atoms with Gasteiger partial charge in [0.25, 0.3) is 0 Å². The van der Waals surface area contributed by atoms with Crippen molar-refractivity contribution in [1.29, 1.82) is 0 Å². The summed E-state index contributed by atoms with van der Waals surface area (Å²) in [6.07, 6.45) is 5.48. The number of hydrogen-bond donors (Lipinski definition) is 1. The van der Waals surface area contributed by atoms with E-state index in [2.05, 4.69) is 66.4 Å². The molecule has 2 nitrogen and oxygen atoms in total. The highest BCUT2D eigenvalue weighted by molar-refractivity contribution is 9.11. The van der Waals surface area contributed by atoms with Crippen molar-refractivity contribution in [2.24, 2.45) is 0 Å². The van der Waals surface area contributed by atoms with Crippen LogP contribution in [0.25, 0.3) is 0 Å². The number of nitrogens with zero attached hydrogens (tertiary/aromatic N) is 1. The maximum Gasteiger partial charge on any atom is 0.0485 e. The second kappa shape index (κ2) is 6.59. The van der Waals surface area contributed by atoms with Gasteiger partial charge in [-0.25, -0.2) is 0 Å². The van der Waals surface area contributed by atoms with Crippen LogP contribution < -0.4 is 5.32 Å². The molecular formula is C17H18Br2N2. The number of pyridine rings is 1. The molecule has 0 amide bonds. The van der Waals surface area contributed by atoms with Gasteiger partial charge in [0.2, 0.25) is 0 Å². The standard InChI is InChI=1S/C17H18Br2N2/c1-20-16(12-8-13(18)10-14(19)9-12)15-6-2-4-11-5-3-7-21-17(11)15/h3,5,7-10,15-16,20H,2,4,6H2,1H3. The molecule has 0 fully saturated rings. The molecule has 1 aliphatic rings. The van der Waals surface area contributed by atoms with E-state index in [0.717, 1.165) is 15.4 Å². The highest BCUT2D eigenvalue weighted by atomic mass is 79.9. The summed E-state index contributed by atoms with van der Waals surface area (Å²) in [6, 6.07) is 11.0. The predicted octanol–water partition coefficient (Wildman–Crippen LogP) is 4.99. The van der Waals surface area contributed by atoms with Crippen LogP contribution in [-0.4, -0.2) is 12.0 Å². The van der Waals surface area contributed by atoms with Crippen LogP contribution in [0.3, 0.4) is 0 Å². The van der Waals surface area contributed by atoms with Crippen LogP contribution in [0.4, 0.5) is 0 Å². The predicted molar refractivity (Wildman–Crippen MR) is 93.6 cm³/mol. The minimum Gasteiger partial charge on any atom is -0.312 e. The van der Waals surface area contributed by atoms with Gasteiger partial charge in [-0.3, -0.25) is 4.98 Å². The molecule has 0 aliphatic heterocycles. The third-order valence-corrected chi connectivity index (χ3v) is 5.11. The minimum absolute atomic E-state index is 0.285. The quantitative estimate of drug-likeness (QED) is 0.772. The first kappa shape index (κ1) is 15.2. The third-order valence-electron chi connectivity index (χ3n) is 4.20. The first-order chi connectivity index (χ1) is 10.2. The molecule has 2 unspecified atom stereocenters. The van der Waals surface area contributed by atoms with Crippen molar-refractivity contribution in [3.63, 3.8) is 0 Å². The van der Waals surface area contributed by atoms with Crippen LogP contribution in [0.5, 0.6) is 0 Å². The van der Waals surface area contributed by atoms with E-state index in [4.69, 9.17) is 0 Å². The fraction of sp³-hybridized carbons (Fsp3) is 0.353. The van der Waals surface area contributed by atoms with E-state index in [-0.39, 0.29) is 6.04 Å². The Balaban J connectivity index is 2.01. The Morgan fingerprint density at radius 2 is 2.00 bits per heavy atom. The average Bonchev–Trinajstić information content (AvgIpc) is 2.47. The Morgan fingerprint density at radius 1 is 1.24 bits per heavy atom. The van der Waals surface area contributed by atoms with Gasteiger partial charge in [0.15, 0.2) is 0 Å². The van der Waals surface area contributed by atoms with E-state index < -0.39 is 0 Å². The fourth-order valence-electron chi connectivity index (χ4n) is 3.32. The summed E-state index contributed by atoms with van der Waals surface area (Å²) >= 11 is 7.19. The van der Waals surface area contributed by atoms with Gasteiger partial charge in [-0.1, -0.05) is 37.9 Å². The number of rotatable bonds is 3. The number of hydrogen-bond acceptors (Lipinski definition) is 2. The van der Waals surface area contributed by atoms with Crippen molar-refractivity contribution in [2.75, 3.05) is 7.05 Å². The lowest BCUT2D eigenvalue weighted by Gasteiger charge is -2.31. The Labute approximate surface area is 142 Å². The van der Waals surface area contributed by atoms with Gasteiger partial charge < -0.3 is 5.32 Å². The molecule has 1 heterocycles. The maximum absolute atomic E-state index is 4.68. The number of aryl methyl sites for hydroxylation is 1. The molecule has 2 atom stereocenters. The van der Waals surface area contributed by atoms with Crippen LogP contribution in [0.2, 0.25) is 0 Å². The Kier molecular flexibility index (Phi) is 4.77. The summed E-state index contributed by atoms with van der Waals surface area (Å²) in [4.78, 5) is 4.68. The van der Waals surface area contributed by atoms with Gasteiger partial charge >= 0.3 is 0 Å². The van der Waals surface area contributed by atoms with Gasteiger partial charge in [0.05, 0.1) is 0 Å². The molecule has 1 aromatic carbocycles. The molecular weight excluding hydrogens is 392 g/mol. The summed E-state index contributed by atoms with van der Waals surface area (Å²) in [6.45, 7) is 0. The van der Waals surface area contributed by atoms with Crippen molar-refractivity contribution in [2.45, 2.75) is 31.2 Å². The molecule has 110 valence electrons. The SMILES string of the molecule is CNC(c1cc(Br)cc(Br)c1)C1CCCc2cccnc21. The molecule has 1 N–H and O–H groups in total. The smallest absolute Gasteiger partial charge is 0.0485 e. The van der Waals surface area contributed by atoms with Gasteiger partial charge in [-0.05, 0) is 61.7 Å². The number of fused-ring (bicyclic) bond motifs is 1. The largest absolute Gasteiger partial charge is 0.312 e. The average molecular weight is 410 g/mol. The van der Waals surface area contributed by atoms with E-state index >= 15 is 0 Å². The van der Waals surface area contributed by atoms with Gasteiger partial charge in [0, 0.05) is 32.8 Å². The second-order valence-corrected chi connectivity index (χ2v) is 7.35. The van der Waals surface area contributed by atoms with E-state index in [1.54, 1.807) is 0 Å². The highest BCUT2D eigenvalue weighted by Gasteiger charge is 2.29. The second-order valence-electron chi connectivity index (χ2n) is 5.52. The zero-order chi connectivity index (χ0) is 14.8. The zero-order valence-electron chi connectivity index (χ0n) is 11.9. The molecule has 3 rings (SSSR count). The van der Waals surface area contributed by atoms with Crippen LogP contribution in [0.15, 0.2) is 45.5 Å². The first-order valence-corrected chi connectivity index (χ1v) is 8.84. The first-order valence-electron chi connectivity index (χ1n) is 7.26.